The Morgan fingerprint density at radius 3 is 2.89 bits per heavy atom. The molecule has 0 radical (unpaired) electrons. The minimum absolute atomic E-state index is 0.0324. The molecule has 4 rings (SSSR count). The average molecular weight is 368 g/mol. The summed E-state index contributed by atoms with van der Waals surface area (Å²) in [7, 11) is 0. The van der Waals surface area contributed by atoms with Crippen molar-refractivity contribution in [2.24, 2.45) is 0 Å². The predicted octanol–water partition coefficient (Wildman–Crippen LogP) is 2.04. The zero-order chi connectivity index (χ0) is 19.0. The Kier molecular flexibility index (Phi) is 4.39. The van der Waals surface area contributed by atoms with E-state index in [0.717, 1.165) is 19.3 Å². The van der Waals surface area contributed by atoms with E-state index in [9.17, 15) is 14.4 Å². The highest BCUT2D eigenvalue weighted by Crippen LogP contribution is 2.24. The number of aromatic nitrogens is 3. The number of carbonyl (C=O) groups is 2. The van der Waals surface area contributed by atoms with Gasteiger partial charge in [0.1, 0.15) is 11.2 Å². The van der Waals surface area contributed by atoms with Crippen LogP contribution < -0.4 is 5.56 Å². The minimum Gasteiger partial charge on any atom is -0.481 e. The van der Waals surface area contributed by atoms with Crippen molar-refractivity contribution in [3.05, 3.63) is 46.4 Å². The zero-order valence-corrected chi connectivity index (χ0v) is 14.7. The van der Waals surface area contributed by atoms with Crippen molar-refractivity contribution in [2.45, 2.75) is 38.1 Å². The molecule has 1 atom stereocenters. The lowest BCUT2D eigenvalue weighted by molar-refractivity contribution is -0.137. The van der Waals surface area contributed by atoms with E-state index < -0.39 is 5.97 Å². The number of aromatic amines is 1. The molecule has 140 valence electrons. The fourth-order valence-electron chi connectivity index (χ4n) is 3.85. The monoisotopic (exact) mass is 368 g/mol. The van der Waals surface area contributed by atoms with Gasteiger partial charge in [0.05, 0.1) is 17.1 Å². The van der Waals surface area contributed by atoms with Crippen molar-refractivity contribution in [3.63, 3.8) is 0 Å². The smallest absolute Gasteiger partial charge is 0.303 e. The van der Waals surface area contributed by atoms with Crippen molar-refractivity contribution >= 4 is 28.4 Å². The van der Waals surface area contributed by atoms with Crippen LogP contribution >= 0.6 is 0 Å². The molecule has 0 spiro atoms. The summed E-state index contributed by atoms with van der Waals surface area (Å²) in [5.74, 6) is -1.08. The Labute approximate surface area is 154 Å². The molecule has 2 aromatic heterocycles. The molecule has 1 aliphatic rings. The van der Waals surface area contributed by atoms with Crippen LogP contribution in [0.2, 0.25) is 0 Å². The summed E-state index contributed by atoms with van der Waals surface area (Å²) in [5.41, 5.74) is 1.07. The molecule has 1 saturated heterocycles. The third kappa shape index (κ3) is 3.07. The van der Waals surface area contributed by atoms with Gasteiger partial charge in [-0.2, -0.15) is 5.10 Å². The van der Waals surface area contributed by atoms with Gasteiger partial charge in [-0.25, -0.2) is 4.52 Å². The average Bonchev–Trinajstić information content (AvgIpc) is 3.10. The maximum Gasteiger partial charge on any atom is 0.303 e. The molecule has 27 heavy (non-hydrogen) atoms. The maximum absolute atomic E-state index is 13.2. The number of aliphatic carboxylic acids is 1. The summed E-state index contributed by atoms with van der Waals surface area (Å²) < 4.78 is 1.57. The van der Waals surface area contributed by atoms with Crippen molar-refractivity contribution in [3.8, 4) is 0 Å². The van der Waals surface area contributed by atoms with E-state index in [4.69, 9.17) is 5.11 Å². The number of amides is 1. The molecule has 0 saturated carbocycles. The van der Waals surface area contributed by atoms with Gasteiger partial charge in [-0.15, -0.1) is 0 Å². The van der Waals surface area contributed by atoms with Crippen LogP contribution in [0.5, 0.6) is 0 Å². The highest BCUT2D eigenvalue weighted by atomic mass is 16.4. The molecule has 0 aliphatic carbocycles. The Balaban J connectivity index is 1.74. The molecule has 2 N–H and O–H groups in total. The number of likely N-dealkylation sites (tertiary alicyclic amines) is 1. The summed E-state index contributed by atoms with van der Waals surface area (Å²) in [4.78, 5) is 41.0. The van der Waals surface area contributed by atoms with Gasteiger partial charge >= 0.3 is 5.97 Å². The summed E-state index contributed by atoms with van der Waals surface area (Å²) >= 11 is 0. The van der Waals surface area contributed by atoms with Crippen molar-refractivity contribution in [2.75, 3.05) is 6.54 Å². The number of carboxylic acid groups (broad SMARTS) is 1. The first kappa shape index (κ1) is 17.3. The van der Waals surface area contributed by atoms with E-state index in [1.54, 1.807) is 27.6 Å². The highest BCUT2D eigenvalue weighted by molar-refractivity contribution is 6.00. The van der Waals surface area contributed by atoms with Crippen molar-refractivity contribution < 1.29 is 14.7 Å². The molecule has 1 amide bonds. The number of piperidine rings is 1. The third-order valence-corrected chi connectivity index (χ3v) is 5.19. The van der Waals surface area contributed by atoms with Crippen LogP contribution in [0.15, 0.2) is 35.3 Å². The highest BCUT2D eigenvalue weighted by Gasteiger charge is 2.30. The van der Waals surface area contributed by atoms with Crippen LogP contribution in [0.1, 0.15) is 42.5 Å². The van der Waals surface area contributed by atoms with E-state index in [1.807, 2.05) is 6.07 Å². The summed E-state index contributed by atoms with van der Waals surface area (Å²) in [6, 6.07) is 6.99. The van der Waals surface area contributed by atoms with E-state index in [-0.39, 0.29) is 23.9 Å². The number of para-hydroxylation sites is 1. The van der Waals surface area contributed by atoms with Crippen molar-refractivity contribution in [1.29, 1.82) is 0 Å². The Morgan fingerprint density at radius 2 is 2.07 bits per heavy atom. The fraction of sp³-hybridized carbons (Fsp3) is 0.368. The first-order valence-electron chi connectivity index (χ1n) is 9.08. The molecule has 1 aliphatic heterocycles. The second-order valence-electron chi connectivity index (χ2n) is 6.87. The zero-order valence-electron chi connectivity index (χ0n) is 14.7. The minimum atomic E-state index is -0.861. The second-order valence-corrected chi connectivity index (χ2v) is 6.87. The number of nitrogens with one attached hydrogen (secondary N) is 1. The van der Waals surface area contributed by atoms with E-state index in [1.165, 1.54) is 6.20 Å². The van der Waals surface area contributed by atoms with Crippen LogP contribution in [-0.4, -0.2) is 49.1 Å². The summed E-state index contributed by atoms with van der Waals surface area (Å²) in [6.07, 6.45) is 4.59. The first-order chi connectivity index (χ1) is 13.1. The van der Waals surface area contributed by atoms with Gasteiger partial charge in [0.2, 0.25) is 0 Å². The van der Waals surface area contributed by atoms with Gasteiger partial charge in [-0.3, -0.25) is 14.4 Å². The number of hydrogen-bond donors (Lipinski definition) is 2. The number of hydrogen-bond acceptors (Lipinski definition) is 4. The third-order valence-electron chi connectivity index (χ3n) is 5.19. The topological polar surface area (TPSA) is 108 Å². The second kappa shape index (κ2) is 6.86. The van der Waals surface area contributed by atoms with Crippen LogP contribution in [0.4, 0.5) is 0 Å². The van der Waals surface area contributed by atoms with Crippen LogP contribution in [0.25, 0.3) is 16.6 Å². The summed E-state index contributed by atoms with van der Waals surface area (Å²) in [5, 5.41) is 13.8. The number of carbonyl (C=O) groups excluding carboxylic acids is 1. The van der Waals surface area contributed by atoms with Gasteiger partial charge in [0.15, 0.2) is 0 Å². The number of fused-ring (bicyclic) bond motifs is 3. The molecular formula is C19H20N4O4. The fourth-order valence-corrected chi connectivity index (χ4v) is 3.85. The number of H-pyrrole nitrogens is 1. The maximum atomic E-state index is 13.2. The van der Waals surface area contributed by atoms with Gasteiger partial charge < -0.3 is 15.0 Å². The lowest BCUT2D eigenvalue weighted by Gasteiger charge is -2.35. The Hall–Kier alpha value is -3.16. The van der Waals surface area contributed by atoms with Gasteiger partial charge in [0.25, 0.3) is 11.5 Å². The SMILES string of the molecule is O=C(O)CCC1CCCCN1C(=O)c1cnn2c1[nH]c(=O)c1ccccc12. The van der Waals surface area contributed by atoms with Crippen molar-refractivity contribution in [1.82, 2.24) is 19.5 Å². The molecule has 8 nitrogen and oxygen atoms in total. The number of carboxylic acids is 1. The quantitative estimate of drug-likeness (QED) is 0.733. The molecule has 3 aromatic rings. The number of nitrogens with zero attached hydrogens (tertiary/aromatic N) is 3. The molecule has 1 aromatic carbocycles. The molecule has 0 bridgehead atoms. The molecule has 1 unspecified atom stereocenters. The number of rotatable bonds is 4. The largest absolute Gasteiger partial charge is 0.481 e. The summed E-state index contributed by atoms with van der Waals surface area (Å²) in [6.45, 7) is 0.582. The number of benzene rings is 1. The van der Waals surface area contributed by atoms with Gasteiger partial charge in [-0.05, 0) is 37.8 Å². The first-order valence-corrected chi connectivity index (χ1v) is 9.08. The van der Waals surface area contributed by atoms with E-state index in [0.29, 0.717) is 35.1 Å². The Bertz CT molecular complexity index is 1080. The normalized spacial score (nSPS) is 17.5. The lowest BCUT2D eigenvalue weighted by atomic mass is 9.97. The Morgan fingerprint density at radius 1 is 1.26 bits per heavy atom. The van der Waals surface area contributed by atoms with Gasteiger partial charge in [-0.1, -0.05) is 12.1 Å². The van der Waals surface area contributed by atoms with E-state index in [2.05, 4.69) is 10.1 Å². The van der Waals surface area contributed by atoms with Crippen LogP contribution in [0, 0.1) is 0 Å². The molecule has 8 heteroatoms. The van der Waals surface area contributed by atoms with Crippen LogP contribution in [-0.2, 0) is 4.79 Å². The lowest BCUT2D eigenvalue weighted by Crippen LogP contribution is -2.44. The standard InChI is InChI=1S/C19H20N4O4/c24-16(25)9-8-12-5-3-4-10-22(12)19(27)14-11-20-23-15-7-2-1-6-13(15)18(26)21-17(14)23/h1-2,6-7,11-12H,3-5,8-10H2,(H,21,26)(H,24,25). The molecular weight excluding hydrogens is 348 g/mol. The van der Waals surface area contributed by atoms with Crippen LogP contribution in [0.3, 0.4) is 0 Å². The molecule has 1 fully saturated rings. The molecule has 3 heterocycles. The predicted molar refractivity (Wildman–Crippen MR) is 98.9 cm³/mol. The van der Waals surface area contributed by atoms with Gasteiger partial charge in [0, 0.05) is 19.0 Å². The van der Waals surface area contributed by atoms with E-state index >= 15 is 0 Å².